The zero-order valence-corrected chi connectivity index (χ0v) is 10.2. The Bertz CT molecular complexity index is 786. The van der Waals surface area contributed by atoms with Crippen LogP contribution in [0.1, 0.15) is 10.4 Å². The lowest BCUT2D eigenvalue weighted by Crippen LogP contribution is -2.01. The third-order valence-electron chi connectivity index (χ3n) is 2.62. The van der Waals surface area contributed by atoms with Crippen LogP contribution in [0.5, 0.6) is 0 Å². The van der Waals surface area contributed by atoms with Crippen LogP contribution in [0.2, 0.25) is 0 Å². The van der Waals surface area contributed by atoms with Crippen molar-refractivity contribution in [3.8, 4) is 5.69 Å². The number of nitrogens with zero attached hydrogens (tertiary/aromatic N) is 4. The predicted molar refractivity (Wildman–Crippen MR) is 66.8 cm³/mol. The molecule has 1 aromatic carbocycles. The number of hydrogen-bond donors (Lipinski definition) is 0. The van der Waals surface area contributed by atoms with Crippen molar-refractivity contribution in [1.29, 1.82) is 0 Å². The molecule has 3 rings (SSSR count). The molecule has 2 heterocycles. The van der Waals surface area contributed by atoms with E-state index in [4.69, 9.17) is 11.6 Å². The van der Waals surface area contributed by atoms with Gasteiger partial charge in [0.15, 0.2) is 5.65 Å². The summed E-state index contributed by atoms with van der Waals surface area (Å²) in [5, 5.41) is 6.98. The zero-order chi connectivity index (χ0) is 13.4. The fourth-order valence-electron chi connectivity index (χ4n) is 1.73. The lowest BCUT2D eigenvalue weighted by atomic mass is 10.2. The molecule has 7 heteroatoms. The maximum absolute atomic E-state index is 13.7. The van der Waals surface area contributed by atoms with Crippen LogP contribution < -0.4 is 0 Å². The Kier molecular flexibility index (Phi) is 2.72. The number of carbonyl (C=O) groups is 1. The van der Waals surface area contributed by atoms with Crippen LogP contribution >= 0.6 is 11.6 Å². The fraction of sp³-hybridized carbons (Fsp3) is 0. The number of pyridine rings is 1. The Balaban J connectivity index is 2.17. The van der Waals surface area contributed by atoms with Crippen molar-refractivity contribution in [2.45, 2.75) is 0 Å². The maximum atomic E-state index is 13.7. The molecule has 0 spiro atoms. The summed E-state index contributed by atoms with van der Waals surface area (Å²) in [6, 6.07) is 7.48. The smallest absolute Gasteiger partial charge is 0.255 e. The minimum Gasteiger partial charge on any atom is -0.275 e. The lowest BCUT2D eigenvalue weighted by Gasteiger charge is -2.03. The summed E-state index contributed by atoms with van der Waals surface area (Å²) in [7, 11) is 0. The topological polar surface area (TPSA) is 60.7 Å². The Labute approximate surface area is 111 Å². The van der Waals surface area contributed by atoms with Crippen LogP contribution in [-0.2, 0) is 0 Å². The van der Waals surface area contributed by atoms with Crippen LogP contribution in [0, 0.1) is 5.82 Å². The molecule has 19 heavy (non-hydrogen) atoms. The summed E-state index contributed by atoms with van der Waals surface area (Å²) >= 11 is 5.25. The normalized spacial score (nSPS) is 10.8. The van der Waals surface area contributed by atoms with Gasteiger partial charge in [-0.3, -0.25) is 4.79 Å². The van der Waals surface area contributed by atoms with E-state index >= 15 is 0 Å². The summed E-state index contributed by atoms with van der Waals surface area (Å²) in [4.78, 5) is 15.1. The summed E-state index contributed by atoms with van der Waals surface area (Å²) < 4.78 is 15.1. The molecule has 0 aliphatic rings. The first-order valence-electron chi connectivity index (χ1n) is 5.33. The lowest BCUT2D eigenvalue weighted by molar-refractivity contribution is 0.107. The quantitative estimate of drug-likeness (QED) is 0.674. The van der Waals surface area contributed by atoms with E-state index in [1.165, 1.54) is 22.9 Å². The van der Waals surface area contributed by atoms with Gasteiger partial charge in [-0.05, 0) is 35.9 Å². The molecule has 0 saturated carbocycles. The second-order valence-corrected chi connectivity index (χ2v) is 4.13. The minimum absolute atomic E-state index is 0.178. The molecule has 0 radical (unpaired) electrons. The van der Waals surface area contributed by atoms with E-state index < -0.39 is 11.1 Å². The SMILES string of the molecule is O=C(Cl)c1ccc(-n2nnc3cccnc32)cc1F. The van der Waals surface area contributed by atoms with E-state index in [0.717, 1.165) is 0 Å². The van der Waals surface area contributed by atoms with E-state index in [0.29, 0.717) is 16.9 Å². The number of carbonyl (C=O) groups excluding carboxylic acids is 1. The molecule has 0 unspecified atom stereocenters. The number of fused-ring (bicyclic) bond motifs is 1. The molecular formula is C12H6ClFN4O. The van der Waals surface area contributed by atoms with Gasteiger partial charge in [-0.2, -0.15) is 4.68 Å². The van der Waals surface area contributed by atoms with E-state index in [1.54, 1.807) is 18.3 Å². The molecule has 0 aliphatic carbocycles. The Morgan fingerprint density at radius 2 is 2.16 bits per heavy atom. The summed E-state index contributed by atoms with van der Waals surface area (Å²) in [6.07, 6.45) is 1.59. The number of rotatable bonds is 2. The molecule has 94 valence electrons. The third kappa shape index (κ3) is 1.96. The minimum atomic E-state index is -0.842. The van der Waals surface area contributed by atoms with E-state index in [-0.39, 0.29) is 5.56 Å². The van der Waals surface area contributed by atoms with Crippen molar-refractivity contribution >= 4 is 28.0 Å². The van der Waals surface area contributed by atoms with Crippen LogP contribution in [0.15, 0.2) is 36.5 Å². The van der Waals surface area contributed by atoms with Gasteiger partial charge >= 0.3 is 0 Å². The van der Waals surface area contributed by atoms with Gasteiger partial charge in [0, 0.05) is 12.3 Å². The van der Waals surface area contributed by atoms with Gasteiger partial charge in [-0.1, -0.05) is 5.21 Å². The summed E-state index contributed by atoms with van der Waals surface area (Å²) in [5.41, 5.74) is 1.34. The first kappa shape index (κ1) is 11.7. The van der Waals surface area contributed by atoms with Gasteiger partial charge in [-0.25, -0.2) is 9.37 Å². The van der Waals surface area contributed by atoms with Crippen molar-refractivity contribution in [3.63, 3.8) is 0 Å². The molecule has 3 aromatic rings. The third-order valence-corrected chi connectivity index (χ3v) is 2.82. The van der Waals surface area contributed by atoms with Gasteiger partial charge in [0.1, 0.15) is 11.3 Å². The highest BCUT2D eigenvalue weighted by molar-refractivity contribution is 6.67. The molecular weight excluding hydrogens is 271 g/mol. The van der Waals surface area contributed by atoms with E-state index in [1.807, 2.05) is 0 Å². The highest BCUT2D eigenvalue weighted by Gasteiger charge is 2.13. The number of aromatic nitrogens is 4. The van der Waals surface area contributed by atoms with E-state index in [2.05, 4.69) is 15.3 Å². The van der Waals surface area contributed by atoms with Crippen LogP contribution in [-0.4, -0.2) is 25.2 Å². The number of halogens is 2. The Hall–Kier alpha value is -2.34. The van der Waals surface area contributed by atoms with Gasteiger partial charge in [0.25, 0.3) is 5.24 Å². The second kappa shape index (κ2) is 4.40. The highest BCUT2D eigenvalue weighted by Crippen LogP contribution is 2.18. The Morgan fingerprint density at radius 1 is 1.32 bits per heavy atom. The largest absolute Gasteiger partial charge is 0.275 e. The van der Waals surface area contributed by atoms with Crippen LogP contribution in [0.25, 0.3) is 16.9 Å². The Morgan fingerprint density at radius 3 is 2.89 bits per heavy atom. The first-order chi connectivity index (χ1) is 9.16. The highest BCUT2D eigenvalue weighted by atomic mass is 35.5. The molecule has 0 fully saturated rings. The molecule has 0 aliphatic heterocycles. The fourth-order valence-corrected chi connectivity index (χ4v) is 1.89. The van der Waals surface area contributed by atoms with Crippen molar-refractivity contribution < 1.29 is 9.18 Å². The maximum Gasteiger partial charge on any atom is 0.255 e. The van der Waals surface area contributed by atoms with Crippen molar-refractivity contribution in [1.82, 2.24) is 20.0 Å². The first-order valence-corrected chi connectivity index (χ1v) is 5.71. The van der Waals surface area contributed by atoms with Crippen LogP contribution in [0.4, 0.5) is 4.39 Å². The zero-order valence-electron chi connectivity index (χ0n) is 9.42. The summed E-state index contributed by atoms with van der Waals surface area (Å²) in [6.45, 7) is 0. The van der Waals surface area contributed by atoms with Gasteiger partial charge in [0.2, 0.25) is 0 Å². The monoisotopic (exact) mass is 276 g/mol. The van der Waals surface area contributed by atoms with Crippen LogP contribution in [0.3, 0.4) is 0 Å². The van der Waals surface area contributed by atoms with Crippen molar-refractivity contribution in [2.24, 2.45) is 0 Å². The average Bonchev–Trinajstić information content (AvgIpc) is 2.82. The molecule has 2 aromatic heterocycles. The molecule has 0 atom stereocenters. The van der Waals surface area contributed by atoms with Crippen molar-refractivity contribution in [2.75, 3.05) is 0 Å². The van der Waals surface area contributed by atoms with Gasteiger partial charge < -0.3 is 0 Å². The number of benzene rings is 1. The van der Waals surface area contributed by atoms with Gasteiger partial charge in [-0.15, -0.1) is 5.10 Å². The standard InChI is InChI=1S/C12H6ClFN4O/c13-11(19)8-4-3-7(6-9(8)14)18-12-10(16-17-18)2-1-5-15-12/h1-6H. The van der Waals surface area contributed by atoms with Crippen molar-refractivity contribution in [3.05, 3.63) is 47.9 Å². The molecule has 0 saturated heterocycles. The molecule has 5 nitrogen and oxygen atoms in total. The van der Waals surface area contributed by atoms with E-state index in [9.17, 15) is 9.18 Å². The predicted octanol–water partition coefficient (Wildman–Crippen LogP) is 2.33. The average molecular weight is 277 g/mol. The second-order valence-electron chi connectivity index (χ2n) is 3.79. The molecule has 0 N–H and O–H groups in total. The summed E-state index contributed by atoms with van der Waals surface area (Å²) in [5.74, 6) is -0.711. The van der Waals surface area contributed by atoms with Gasteiger partial charge in [0.05, 0.1) is 11.3 Å². The number of hydrogen-bond acceptors (Lipinski definition) is 4. The molecule has 0 bridgehead atoms. The molecule has 0 amide bonds.